The minimum atomic E-state index is -0.404. The van der Waals surface area contributed by atoms with E-state index in [1.54, 1.807) is 36.4 Å². The van der Waals surface area contributed by atoms with Gasteiger partial charge >= 0.3 is 0 Å². The summed E-state index contributed by atoms with van der Waals surface area (Å²) >= 11 is 11.4. The van der Waals surface area contributed by atoms with Gasteiger partial charge in [-0.15, -0.1) is 0 Å². The summed E-state index contributed by atoms with van der Waals surface area (Å²) in [6, 6.07) is 19.2. The molecule has 35 heavy (non-hydrogen) atoms. The van der Waals surface area contributed by atoms with Gasteiger partial charge in [0.2, 0.25) is 0 Å². The smallest absolute Gasteiger partial charge is 0.291 e. The third-order valence-corrected chi connectivity index (χ3v) is 5.60. The Morgan fingerprint density at radius 1 is 1.00 bits per heavy atom. The predicted molar refractivity (Wildman–Crippen MR) is 142 cm³/mol. The number of carbonyl (C=O) groups excluding carboxylic acids is 2. The molecule has 3 aromatic carbocycles. The van der Waals surface area contributed by atoms with Crippen molar-refractivity contribution >= 4 is 63.1 Å². The molecule has 1 aromatic heterocycles. The zero-order valence-electron chi connectivity index (χ0n) is 19.0. The molecule has 0 aliphatic heterocycles. The van der Waals surface area contributed by atoms with E-state index in [1.165, 1.54) is 6.07 Å². The zero-order valence-corrected chi connectivity index (χ0v) is 20.5. The van der Waals surface area contributed by atoms with Crippen LogP contribution in [0.3, 0.4) is 0 Å². The van der Waals surface area contributed by atoms with E-state index in [2.05, 4.69) is 16.0 Å². The van der Waals surface area contributed by atoms with Crippen molar-refractivity contribution in [2.24, 2.45) is 0 Å². The number of hydrogen-bond donors (Lipinski definition) is 3. The van der Waals surface area contributed by atoms with Gasteiger partial charge in [-0.1, -0.05) is 29.8 Å². The van der Waals surface area contributed by atoms with Crippen LogP contribution in [0.15, 0.2) is 71.1 Å². The number of thiocarbonyl (C=S) groups is 1. The Hall–Kier alpha value is -3.88. The Morgan fingerprint density at radius 2 is 1.80 bits per heavy atom. The van der Waals surface area contributed by atoms with Crippen molar-refractivity contribution in [1.82, 2.24) is 5.32 Å². The second-order valence-corrected chi connectivity index (χ2v) is 8.43. The number of hydrogen-bond acceptors (Lipinski definition) is 5. The Morgan fingerprint density at radius 3 is 2.51 bits per heavy atom. The summed E-state index contributed by atoms with van der Waals surface area (Å²) < 4.78 is 11.0. The zero-order chi connectivity index (χ0) is 24.9. The Labute approximate surface area is 212 Å². The number of anilines is 2. The van der Waals surface area contributed by atoms with E-state index in [0.29, 0.717) is 39.9 Å². The number of furan rings is 1. The normalized spacial score (nSPS) is 10.6. The molecule has 0 aliphatic carbocycles. The van der Waals surface area contributed by atoms with Crippen LogP contribution in [-0.4, -0.2) is 23.5 Å². The van der Waals surface area contributed by atoms with Crippen molar-refractivity contribution in [3.63, 3.8) is 0 Å². The minimum Gasteiger partial charge on any atom is -0.492 e. The summed E-state index contributed by atoms with van der Waals surface area (Å²) in [5.41, 5.74) is 3.07. The van der Waals surface area contributed by atoms with Crippen LogP contribution in [0.4, 0.5) is 11.4 Å². The highest BCUT2D eigenvalue weighted by atomic mass is 35.5. The van der Waals surface area contributed by atoms with Crippen molar-refractivity contribution in [2.75, 3.05) is 17.2 Å². The van der Waals surface area contributed by atoms with Crippen LogP contribution in [0.5, 0.6) is 5.75 Å². The maximum atomic E-state index is 12.6. The van der Waals surface area contributed by atoms with Crippen molar-refractivity contribution in [3.05, 3.63) is 88.6 Å². The maximum absolute atomic E-state index is 12.6. The molecule has 0 atom stereocenters. The molecule has 3 N–H and O–H groups in total. The average molecular weight is 508 g/mol. The molecule has 0 saturated heterocycles. The first-order valence-corrected chi connectivity index (χ1v) is 11.6. The minimum absolute atomic E-state index is 0.124. The van der Waals surface area contributed by atoms with Crippen LogP contribution in [0, 0.1) is 6.92 Å². The third-order valence-electron chi connectivity index (χ3n) is 5.10. The fraction of sp³-hybridized carbons (Fsp3) is 0.115. The van der Waals surface area contributed by atoms with Crippen LogP contribution in [0.1, 0.15) is 33.4 Å². The van der Waals surface area contributed by atoms with Gasteiger partial charge in [0, 0.05) is 22.3 Å². The SMILES string of the molecule is CCOc1ccc(C(=O)NC(=S)Nc2ccc(NC(=O)c3cc4ccccc4o3)c(C)c2)cc1Cl. The first-order valence-electron chi connectivity index (χ1n) is 10.8. The number of fused-ring (bicyclic) bond motifs is 1. The van der Waals surface area contributed by atoms with Gasteiger partial charge in [0.15, 0.2) is 10.9 Å². The molecule has 2 amide bonds. The van der Waals surface area contributed by atoms with E-state index in [-0.39, 0.29) is 16.8 Å². The van der Waals surface area contributed by atoms with E-state index in [4.69, 9.17) is 33.0 Å². The monoisotopic (exact) mass is 507 g/mol. The lowest BCUT2D eigenvalue weighted by Gasteiger charge is -2.13. The van der Waals surface area contributed by atoms with Crippen LogP contribution < -0.4 is 20.7 Å². The van der Waals surface area contributed by atoms with Crippen LogP contribution in [0.25, 0.3) is 11.0 Å². The first kappa shape index (κ1) is 24.3. The van der Waals surface area contributed by atoms with E-state index in [0.717, 1.165) is 10.9 Å². The fourth-order valence-electron chi connectivity index (χ4n) is 3.41. The first-order chi connectivity index (χ1) is 16.8. The predicted octanol–water partition coefficient (Wildman–Crippen LogP) is 6.17. The van der Waals surface area contributed by atoms with Crippen molar-refractivity contribution < 1.29 is 18.7 Å². The standard InChI is InChI=1S/C26H22ClN3O4S/c1-3-33-22-11-8-17(13-19(22)27)24(31)30-26(35)28-18-9-10-20(15(2)12-18)29-25(32)23-14-16-6-4-5-7-21(16)34-23/h4-14H,3H2,1-2H3,(H,29,32)(H2,28,30,31,35). The number of para-hydroxylation sites is 1. The third kappa shape index (κ3) is 5.79. The lowest BCUT2D eigenvalue weighted by molar-refractivity contribution is 0.0975. The average Bonchev–Trinajstić information content (AvgIpc) is 3.26. The highest BCUT2D eigenvalue weighted by Crippen LogP contribution is 2.26. The summed E-state index contributed by atoms with van der Waals surface area (Å²) in [5.74, 6) is -0.0128. The van der Waals surface area contributed by atoms with Crippen LogP contribution >= 0.6 is 23.8 Å². The molecule has 178 valence electrons. The molecule has 1 heterocycles. The van der Waals surface area contributed by atoms with Gasteiger partial charge in [-0.3, -0.25) is 14.9 Å². The van der Waals surface area contributed by atoms with E-state index < -0.39 is 5.91 Å². The summed E-state index contributed by atoms with van der Waals surface area (Å²) in [5, 5.41) is 9.77. The molecule has 4 aromatic rings. The molecule has 0 aliphatic rings. The Kier molecular flexibility index (Phi) is 7.33. The molecular weight excluding hydrogens is 486 g/mol. The van der Waals surface area contributed by atoms with Gasteiger partial charge in [-0.25, -0.2) is 0 Å². The number of carbonyl (C=O) groups is 2. The maximum Gasteiger partial charge on any atom is 0.291 e. The van der Waals surface area contributed by atoms with Crippen molar-refractivity contribution in [2.45, 2.75) is 13.8 Å². The fourth-order valence-corrected chi connectivity index (χ4v) is 3.86. The molecule has 0 unspecified atom stereocenters. The number of aryl methyl sites for hydroxylation is 1. The molecule has 0 radical (unpaired) electrons. The highest BCUT2D eigenvalue weighted by Gasteiger charge is 2.14. The summed E-state index contributed by atoms with van der Waals surface area (Å²) in [7, 11) is 0. The molecule has 0 spiro atoms. The molecule has 0 fully saturated rings. The number of nitrogens with one attached hydrogen (secondary N) is 3. The number of halogens is 1. The summed E-state index contributed by atoms with van der Waals surface area (Å²) in [4.78, 5) is 25.1. The molecule has 4 rings (SSSR count). The lowest BCUT2D eigenvalue weighted by Crippen LogP contribution is -2.34. The molecule has 9 heteroatoms. The lowest BCUT2D eigenvalue weighted by atomic mass is 10.1. The molecule has 7 nitrogen and oxygen atoms in total. The Balaban J connectivity index is 1.37. The van der Waals surface area contributed by atoms with E-state index in [9.17, 15) is 9.59 Å². The topological polar surface area (TPSA) is 92.6 Å². The molecule has 0 saturated carbocycles. The van der Waals surface area contributed by atoms with Crippen molar-refractivity contribution in [3.8, 4) is 5.75 Å². The number of amides is 2. The van der Waals surface area contributed by atoms with Crippen molar-refractivity contribution in [1.29, 1.82) is 0 Å². The van der Waals surface area contributed by atoms with Gasteiger partial charge in [-0.05, 0) is 80.2 Å². The van der Waals surface area contributed by atoms with Gasteiger partial charge in [0.25, 0.3) is 11.8 Å². The van der Waals surface area contributed by atoms with Crippen LogP contribution in [0.2, 0.25) is 5.02 Å². The number of ether oxygens (including phenoxy) is 1. The molecule has 0 bridgehead atoms. The number of rotatable bonds is 6. The largest absolute Gasteiger partial charge is 0.492 e. The van der Waals surface area contributed by atoms with Gasteiger partial charge in [-0.2, -0.15) is 0 Å². The van der Waals surface area contributed by atoms with E-state index in [1.807, 2.05) is 38.1 Å². The van der Waals surface area contributed by atoms with Crippen LogP contribution in [-0.2, 0) is 0 Å². The second kappa shape index (κ2) is 10.6. The summed E-state index contributed by atoms with van der Waals surface area (Å²) in [6.45, 7) is 4.17. The second-order valence-electron chi connectivity index (χ2n) is 7.62. The molecular formula is C26H22ClN3O4S. The van der Waals surface area contributed by atoms with E-state index >= 15 is 0 Å². The summed E-state index contributed by atoms with van der Waals surface area (Å²) in [6.07, 6.45) is 0. The quantitative estimate of drug-likeness (QED) is 0.270. The highest BCUT2D eigenvalue weighted by molar-refractivity contribution is 7.80. The number of benzene rings is 3. The Bertz CT molecular complexity index is 1400. The van der Waals surface area contributed by atoms with Gasteiger partial charge < -0.3 is 19.8 Å². The van der Waals surface area contributed by atoms with Gasteiger partial charge in [0.05, 0.1) is 11.6 Å². The van der Waals surface area contributed by atoms with Gasteiger partial charge in [0.1, 0.15) is 11.3 Å².